The van der Waals surface area contributed by atoms with Crippen LogP contribution in [0.5, 0.6) is 0 Å². The van der Waals surface area contributed by atoms with Crippen LogP contribution in [0.1, 0.15) is 12.6 Å². The lowest BCUT2D eigenvalue weighted by atomic mass is 10.2. The summed E-state index contributed by atoms with van der Waals surface area (Å²) in [5, 5.41) is 9.12. The van der Waals surface area contributed by atoms with E-state index in [1.165, 1.54) is 10.9 Å². The Morgan fingerprint density at radius 3 is 3.05 bits per heavy atom. The summed E-state index contributed by atoms with van der Waals surface area (Å²) >= 11 is 5.89. The Kier molecular flexibility index (Phi) is 3.00. The van der Waals surface area contributed by atoms with Gasteiger partial charge in [0.1, 0.15) is 11.7 Å². The number of hydrogen-bond acceptors (Lipinski definition) is 6. The molecule has 2 aromatic heterocycles. The van der Waals surface area contributed by atoms with Crippen molar-refractivity contribution in [1.82, 2.24) is 19.5 Å². The van der Waals surface area contributed by atoms with E-state index in [0.717, 1.165) is 0 Å². The molecule has 3 heterocycles. The number of alkyl halides is 1. The molecule has 0 unspecified atom stereocenters. The van der Waals surface area contributed by atoms with E-state index in [0.29, 0.717) is 11.2 Å². The summed E-state index contributed by atoms with van der Waals surface area (Å²) in [7, 11) is 0. The normalized spacial score (nSPS) is 27.2. The van der Waals surface area contributed by atoms with E-state index in [2.05, 4.69) is 15.0 Å². The van der Waals surface area contributed by atoms with E-state index >= 15 is 0 Å². The summed E-state index contributed by atoms with van der Waals surface area (Å²) in [6.45, 7) is -0.235. The van der Waals surface area contributed by atoms with Crippen LogP contribution in [0.15, 0.2) is 6.33 Å². The van der Waals surface area contributed by atoms with Crippen molar-refractivity contribution in [3.8, 4) is 0 Å². The molecule has 0 aliphatic carbocycles. The van der Waals surface area contributed by atoms with Crippen molar-refractivity contribution in [2.24, 2.45) is 0 Å². The molecule has 0 saturated carbocycles. The summed E-state index contributed by atoms with van der Waals surface area (Å²) in [4.78, 5) is 11.8. The Labute approximate surface area is 112 Å². The number of fused-ring (bicyclic) bond motifs is 1. The second kappa shape index (κ2) is 4.55. The third-order valence-electron chi connectivity index (χ3n) is 3.00. The maximum atomic E-state index is 13.9. The van der Waals surface area contributed by atoms with Crippen LogP contribution in [0.3, 0.4) is 0 Å². The number of aliphatic hydroxyl groups is 1. The third kappa shape index (κ3) is 2.01. The first kappa shape index (κ1) is 12.5. The smallest absolute Gasteiger partial charge is 0.223 e. The standard InChI is InChI=1S/C10H11ClFN5O2/c11-7-6-8(16-10(13)15-7)17(3-14-6)9-5(12)1-4(2-18)19-9/h3-5,9,18H,1-2H2,(H2,13,15,16)/t4-,5+,9+/m0/s1. The highest BCUT2D eigenvalue weighted by atomic mass is 35.5. The Hall–Kier alpha value is -1.51. The number of imidazole rings is 1. The van der Waals surface area contributed by atoms with Gasteiger partial charge in [-0.3, -0.25) is 4.57 Å². The number of hydrogen-bond donors (Lipinski definition) is 2. The summed E-state index contributed by atoms with van der Waals surface area (Å²) < 4.78 is 20.8. The van der Waals surface area contributed by atoms with Crippen LogP contribution in [0.4, 0.5) is 10.3 Å². The second-order valence-electron chi connectivity index (χ2n) is 4.28. The second-order valence-corrected chi connectivity index (χ2v) is 4.64. The number of nitrogens with zero attached hydrogens (tertiary/aromatic N) is 4. The molecule has 1 fully saturated rings. The summed E-state index contributed by atoms with van der Waals surface area (Å²) in [6, 6.07) is 0. The lowest BCUT2D eigenvalue weighted by Gasteiger charge is -2.15. The van der Waals surface area contributed by atoms with Gasteiger partial charge in [-0.1, -0.05) is 11.6 Å². The highest BCUT2D eigenvalue weighted by Crippen LogP contribution is 2.33. The zero-order chi connectivity index (χ0) is 13.6. The molecule has 3 N–H and O–H groups in total. The van der Waals surface area contributed by atoms with E-state index in [9.17, 15) is 4.39 Å². The van der Waals surface area contributed by atoms with Crippen LogP contribution >= 0.6 is 11.6 Å². The molecule has 1 aliphatic heterocycles. The predicted molar refractivity (Wildman–Crippen MR) is 65.3 cm³/mol. The number of nitrogen functional groups attached to an aromatic ring is 1. The van der Waals surface area contributed by atoms with Crippen LogP contribution in [0, 0.1) is 0 Å². The van der Waals surface area contributed by atoms with Crippen molar-refractivity contribution in [2.45, 2.75) is 24.9 Å². The first-order chi connectivity index (χ1) is 9.10. The van der Waals surface area contributed by atoms with Crippen LogP contribution in [0.2, 0.25) is 5.15 Å². The molecule has 3 atom stereocenters. The van der Waals surface area contributed by atoms with Gasteiger partial charge >= 0.3 is 0 Å². The Morgan fingerprint density at radius 1 is 1.58 bits per heavy atom. The first-order valence-corrected chi connectivity index (χ1v) is 6.04. The van der Waals surface area contributed by atoms with Crippen molar-refractivity contribution < 1.29 is 14.2 Å². The first-order valence-electron chi connectivity index (χ1n) is 5.66. The maximum absolute atomic E-state index is 13.9. The number of aromatic nitrogens is 4. The van der Waals surface area contributed by atoms with Gasteiger partial charge in [-0.15, -0.1) is 0 Å². The van der Waals surface area contributed by atoms with E-state index in [-0.39, 0.29) is 24.1 Å². The minimum atomic E-state index is -1.26. The molecule has 0 aromatic carbocycles. The Bertz CT molecular complexity index is 621. The lowest BCUT2D eigenvalue weighted by molar-refractivity contribution is -0.0351. The molecular weight excluding hydrogens is 277 g/mol. The molecule has 0 amide bonds. The number of rotatable bonds is 2. The molecule has 0 bridgehead atoms. The minimum Gasteiger partial charge on any atom is -0.394 e. The molecule has 1 saturated heterocycles. The number of ether oxygens (including phenoxy) is 1. The third-order valence-corrected chi connectivity index (χ3v) is 3.27. The van der Waals surface area contributed by atoms with Gasteiger partial charge in [0.05, 0.1) is 19.0 Å². The van der Waals surface area contributed by atoms with Crippen molar-refractivity contribution in [3.05, 3.63) is 11.5 Å². The minimum absolute atomic E-state index is 0.0219. The monoisotopic (exact) mass is 287 g/mol. The fourth-order valence-electron chi connectivity index (χ4n) is 2.15. The van der Waals surface area contributed by atoms with Gasteiger partial charge in [0.25, 0.3) is 0 Å². The van der Waals surface area contributed by atoms with Crippen LogP contribution in [0.25, 0.3) is 11.2 Å². The average molecular weight is 288 g/mol. The van der Waals surface area contributed by atoms with Gasteiger partial charge in [0.2, 0.25) is 5.95 Å². The molecular formula is C10H11ClFN5O2. The Morgan fingerprint density at radius 2 is 2.37 bits per heavy atom. The highest BCUT2D eigenvalue weighted by Gasteiger charge is 2.37. The SMILES string of the molecule is Nc1nc(Cl)c2ncn([C@@H]3O[C@H](CO)C[C@H]3F)c2n1. The molecule has 3 rings (SSSR count). The van der Waals surface area contributed by atoms with Gasteiger partial charge < -0.3 is 15.6 Å². The molecule has 0 spiro atoms. The maximum Gasteiger partial charge on any atom is 0.223 e. The van der Waals surface area contributed by atoms with Gasteiger partial charge in [0, 0.05) is 6.42 Å². The summed E-state index contributed by atoms with van der Waals surface area (Å²) in [5.74, 6) is -0.0219. The van der Waals surface area contributed by atoms with Gasteiger partial charge in [-0.05, 0) is 0 Å². The largest absolute Gasteiger partial charge is 0.394 e. The molecule has 9 heteroatoms. The van der Waals surface area contributed by atoms with E-state index in [4.69, 9.17) is 27.2 Å². The number of anilines is 1. The molecule has 102 valence electrons. The van der Waals surface area contributed by atoms with E-state index in [1.54, 1.807) is 0 Å². The number of halogens is 2. The van der Waals surface area contributed by atoms with Crippen molar-refractivity contribution >= 4 is 28.7 Å². The number of aliphatic hydroxyl groups excluding tert-OH is 1. The molecule has 2 aromatic rings. The van der Waals surface area contributed by atoms with Gasteiger partial charge in [-0.25, -0.2) is 9.37 Å². The van der Waals surface area contributed by atoms with Gasteiger partial charge in [-0.2, -0.15) is 9.97 Å². The molecule has 0 radical (unpaired) electrons. The average Bonchev–Trinajstić information content (AvgIpc) is 2.92. The fraction of sp³-hybridized carbons (Fsp3) is 0.500. The van der Waals surface area contributed by atoms with Crippen molar-refractivity contribution in [2.75, 3.05) is 12.3 Å². The summed E-state index contributed by atoms with van der Waals surface area (Å²) in [5.41, 5.74) is 6.16. The summed E-state index contributed by atoms with van der Waals surface area (Å²) in [6.07, 6.45) is -1.19. The Balaban J connectivity index is 2.06. The molecule has 19 heavy (non-hydrogen) atoms. The number of nitrogens with two attached hydrogens (primary N) is 1. The highest BCUT2D eigenvalue weighted by molar-refractivity contribution is 6.33. The predicted octanol–water partition coefficient (Wildman–Crippen LogP) is 0.680. The fourth-order valence-corrected chi connectivity index (χ4v) is 2.37. The lowest BCUT2D eigenvalue weighted by Crippen LogP contribution is -2.17. The molecule has 1 aliphatic rings. The topological polar surface area (TPSA) is 99.1 Å². The van der Waals surface area contributed by atoms with Crippen molar-refractivity contribution in [3.63, 3.8) is 0 Å². The quantitative estimate of drug-likeness (QED) is 0.788. The van der Waals surface area contributed by atoms with Crippen molar-refractivity contribution in [1.29, 1.82) is 0 Å². The molecule has 7 nitrogen and oxygen atoms in total. The van der Waals surface area contributed by atoms with Crippen LogP contribution in [-0.4, -0.2) is 43.5 Å². The van der Waals surface area contributed by atoms with Crippen LogP contribution < -0.4 is 5.73 Å². The van der Waals surface area contributed by atoms with E-state index in [1.807, 2.05) is 0 Å². The van der Waals surface area contributed by atoms with Gasteiger partial charge in [0.15, 0.2) is 17.0 Å². The van der Waals surface area contributed by atoms with E-state index < -0.39 is 18.5 Å². The zero-order valence-electron chi connectivity index (χ0n) is 9.70. The zero-order valence-corrected chi connectivity index (χ0v) is 10.5. The van der Waals surface area contributed by atoms with Crippen LogP contribution in [-0.2, 0) is 4.74 Å².